The second-order valence-electron chi connectivity index (χ2n) is 6.74. The largest absolute Gasteiger partial charge is 0.368 e. The molecule has 0 spiro atoms. The summed E-state index contributed by atoms with van der Waals surface area (Å²) in [6, 6.07) is 18.3. The SMILES string of the molecule is CN([C@@H](C(=O)N1CCN(c2ccccc2)CC1)c1ccccc1)S(C)(=O)=O. The molecule has 1 saturated heterocycles. The van der Waals surface area contributed by atoms with Crippen LogP contribution in [0, 0.1) is 0 Å². The summed E-state index contributed by atoms with van der Waals surface area (Å²) in [7, 11) is -2.05. The van der Waals surface area contributed by atoms with Crippen molar-refractivity contribution in [2.24, 2.45) is 0 Å². The van der Waals surface area contributed by atoms with Crippen LogP contribution in [-0.4, -0.2) is 63.0 Å². The Hall–Kier alpha value is -2.38. The van der Waals surface area contributed by atoms with Gasteiger partial charge in [0.1, 0.15) is 6.04 Å². The summed E-state index contributed by atoms with van der Waals surface area (Å²) in [5.74, 6) is -0.179. The van der Waals surface area contributed by atoms with E-state index >= 15 is 0 Å². The number of carbonyl (C=O) groups excluding carboxylic acids is 1. The van der Waals surface area contributed by atoms with Gasteiger partial charge < -0.3 is 9.80 Å². The smallest absolute Gasteiger partial charge is 0.245 e. The first kappa shape index (κ1) is 19.4. The van der Waals surface area contributed by atoms with Gasteiger partial charge in [-0.05, 0) is 17.7 Å². The Labute approximate surface area is 161 Å². The lowest BCUT2D eigenvalue weighted by atomic mass is 10.1. The van der Waals surface area contributed by atoms with Crippen molar-refractivity contribution in [2.45, 2.75) is 6.04 Å². The van der Waals surface area contributed by atoms with Gasteiger partial charge >= 0.3 is 0 Å². The highest BCUT2D eigenvalue weighted by Gasteiger charge is 2.35. The van der Waals surface area contributed by atoms with Crippen LogP contribution in [0.3, 0.4) is 0 Å². The predicted octanol–water partition coefficient (Wildman–Crippen LogP) is 1.97. The van der Waals surface area contributed by atoms with Crippen molar-refractivity contribution in [1.29, 1.82) is 0 Å². The lowest BCUT2D eigenvalue weighted by molar-refractivity contribution is -0.135. The van der Waals surface area contributed by atoms with Gasteiger partial charge in [0.25, 0.3) is 0 Å². The molecule has 1 aliphatic rings. The Balaban J connectivity index is 1.77. The van der Waals surface area contributed by atoms with Crippen LogP contribution in [0.15, 0.2) is 60.7 Å². The maximum Gasteiger partial charge on any atom is 0.245 e. The third-order valence-electron chi connectivity index (χ3n) is 4.95. The number of anilines is 1. The molecule has 1 atom stereocenters. The maximum absolute atomic E-state index is 13.2. The van der Waals surface area contributed by atoms with E-state index in [1.54, 1.807) is 17.0 Å². The standard InChI is InChI=1S/C20H25N3O3S/c1-21(27(2,25)26)19(17-9-5-3-6-10-17)20(24)23-15-13-22(14-16-23)18-11-7-4-8-12-18/h3-12,19H,13-16H2,1-2H3/t19-/m1/s1. The molecule has 2 aromatic rings. The fraction of sp³-hybridized carbons (Fsp3) is 0.350. The average Bonchev–Trinajstić information content (AvgIpc) is 2.69. The van der Waals surface area contributed by atoms with Crippen LogP contribution >= 0.6 is 0 Å². The van der Waals surface area contributed by atoms with E-state index in [1.165, 1.54) is 7.05 Å². The molecule has 1 fully saturated rings. The number of amides is 1. The monoisotopic (exact) mass is 387 g/mol. The lowest BCUT2D eigenvalue weighted by Gasteiger charge is -2.38. The minimum atomic E-state index is -3.51. The van der Waals surface area contributed by atoms with Crippen LogP contribution in [0.5, 0.6) is 0 Å². The number of carbonyl (C=O) groups is 1. The number of rotatable bonds is 5. The van der Waals surface area contributed by atoms with Crippen LogP contribution in [0.4, 0.5) is 5.69 Å². The van der Waals surface area contributed by atoms with Gasteiger partial charge in [-0.1, -0.05) is 48.5 Å². The van der Waals surface area contributed by atoms with E-state index in [0.29, 0.717) is 18.7 Å². The van der Waals surface area contributed by atoms with E-state index in [9.17, 15) is 13.2 Å². The Morgan fingerprint density at radius 2 is 1.44 bits per heavy atom. The number of benzene rings is 2. The normalized spacial score (nSPS) is 16.4. The highest BCUT2D eigenvalue weighted by Crippen LogP contribution is 2.25. The summed E-state index contributed by atoms with van der Waals surface area (Å²) < 4.78 is 25.4. The van der Waals surface area contributed by atoms with Gasteiger partial charge in [-0.25, -0.2) is 8.42 Å². The van der Waals surface area contributed by atoms with E-state index in [1.807, 2.05) is 36.4 Å². The van der Waals surface area contributed by atoms with Crippen molar-refractivity contribution in [3.05, 3.63) is 66.2 Å². The minimum absolute atomic E-state index is 0.179. The number of piperazine rings is 1. The van der Waals surface area contributed by atoms with Crippen molar-refractivity contribution < 1.29 is 13.2 Å². The van der Waals surface area contributed by atoms with Crippen LogP contribution in [0.25, 0.3) is 0 Å². The molecule has 0 unspecified atom stereocenters. The topological polar surface area (TPSA) is 60.9 Å². The molecule has 1 heterocycles. The van der Waals surface area contributed by atoms with Gasteiger partial charge in [-0.3, -0.25) is 4.79 Å². The molecule has 0 aromatic heterocycles. The quantitative estimate of drug-likeness (QED) is 0.787. The molecule has 1 aliphatic heterocycles. The van der Waals surface area contributed by atoms with Crippen molar-refractivity contribution in [3.63, 3.8) is 0 Å². The fourth-order valence-corrected chi connectivity index (χ4v) is 3.93. The molecule has 0 aliphatic carbocycles. The molecule has 2 aromatic carbocycles. The van der Waals surface area contributed by atoms with Crippen molar-refractivity contribution >= 4 is 21.6 Å². The zero-order valence-corrected chi connectivity index (χ0v) is 16.5. The second-order valence-corrected chi connectivity index (χ2v) is 8.78. The van der Waals surface area contributed by atoms with Gasteiger partial charge in [-0.2, -0.15) is 4.31 Å². The molecule has 0 saturated carbocycles. The minimum Gasteiger partial charge on any atom is -0.368 e. The zero-order valence-electron chi connectivity index (χ0n) is 15.7. The molecular weight excluding hydrogens is 362 g/mol. The summed E-state index contributed by atoms with van der Waals surface area (Å²) in [6.45, 7) is 2.57. The lowest BCUT2D eigenvalue weighted by Crippen LogP contribution is -2.52. The molecule has 6 nitrogen and oxygen atoms in total. The summed E-state index contributed by atoms with van der Waals surface area (Å²) in [5, 5.41) is 0. The first-order valence-electron chi connectivity index (χ1n) is 8.94. The van der Waals surface area contributed by atoms with Crippen LogP contribution < -0.4 is 4.90 Å². The van der Waals surface area contributed by atoms with Crippen molar-refractivity contribution in [1.82, 2.24) is 9.21 Å². The number of sulfonamides is 1. The summed E-state index contributed by atoms with van der Waals surface area (Å²) in [4.78, 5) is 17.2. The zero-order chi connectivity index (χ0) is 19.4. The van der Waals surface area contributed by atoms with Crippen LogP contribution in [0.2, 0.25) is 0 Å². The van der Waals surface area contributed by atoms with Gasteiger partial charge in [0.15, 0.2) is 0 Å². The highest BCUT2D eigenvalue weighted by atomic mass is 32.2. The molecule has 3 rings (SSSR count). The Bertz CT molecular complexity index is 864. The van der Waals surface area contributed by atoms with Gasteiger partial charge in [0.05, 0.1) is 6.26 Å². The van der Waals surface area contributed by atoms with Gasteiger partial charge in [-0.15, -0.1) is 0 Å². The summed E-state index contributed by atoms with van der Waals surface area (Å²) in [6.07, 6.45) is 1.13. The molecule has 0 N–H and O–H groups in total. The number of para-hydroxylation sites is 1. The molecule has 7 heteroatoms. The molecule has 0 radical (unpaired) electrons. The molecule has 0 bridgehead atoms. The summed E-state index contributed by atoms with van der Waals surface area (Å²) in [5.41, 5.74) is 1.82. The highest BCUT2D eigenvalue weighted by molar-refractivity contribution is 7.88. The number of likely N-dealkylation sites (N-methyl/N-ethyl adjacent to an activating group) is 1. The third-order valence-corrected chi connectivity index (χ3v) is 6.21. The Morgan fingerprint density at radius 3 is 1.96 bits per heavy atom. The van der Waals surface area contributed by atoms with E-state index in [2.05, 4.69) is 17.0 Å². The van der Waals surface area contributed by atoms with Crippen molar-refractivity contribution in [2.75, 3.05) is 44.4 Å². The van der Waals surface area contributed by atoms with E-state index < -0.39 is 16.1 Å². The maximum atomic E-state index is 13.2. The first-order chi connectivity index (χ1) is 12.9. The number of nitrogens with zero attached hydrogens (tertiary/aromatic N) is 3. The van der Waals surface area contributed by atoms with Crippen molar-refractivity contribution in [3.8, 4) is 0 Å². The Morgan fingerprint density at radius 1 is 0.926 bits per heavy atom. The van der Waals surface area contributed by atoms with Crippen LogP contribution in [0.1, 0.15) is 11.6 Å². The van der Waals surface area contributed by atoms with E-state index in [-0.39, 0.29) is 5.91 Å². The van der Waals surface area contributed by atoms with E-state index in [0.717, 1.165) is 29.3 Å². The average molecular weight is 388 g/mol. The molecule has 1 amide bonds. The predicted molar refractivity (Wildman–Crippen MR) is 107 cm³/mol. The van der Waals surface area contributed by atoms with E-state index in [4.69, 9.17) is 0 Å². The Kier molecular flexibility index (Phi) is 5.82. The molecule has 144 valence electrons. The molecular formula is C20H25N3O3S. The number of hydrogen-bond acceptors (Lipinski definition) is 4. The first-order valence-corrected chi connectivity index (χ1v) is 10.8. The summed E-state index contributed by atoms with van der Waals surface area (Å²) >= 11 is 0. The fourth-order valence-electron chi connectivity index (χ4n) is 3.33. The van der Waals surface area contributed by atoms with Crippen LogP contribution in [-0.2, 0) is 14.8 Å². The third kappa shape index (κ3) is 4.48. The number of hydrogen-bond donors (Lipinski definition) is 0. The van der Waals surface area contributed by atoms with Gasteiger partial charge in [0.2, 0.25) is 15.9 Å². The second kappa shape index (κ2) is 8.10. The molecule has 27 heavy (non-hydrogen) atoms. The van der Waals surface area contributed by atoms with Gasteiger partial charge in [0, 0.05) is 38.9 Å².